The van der Waals surface area contributed by atoms with Crippen molar-refractivity contribution >= 4 is 59.8 Å². The van der Waals surface area contributed by atoms with Gasteiger partial charge in [0.25, 0.3) is 0 Å². The Hall–Kier alpha value is -6.22. The molecular formula is C80H113ClN13O2P. The first-order chi connectivity index (χ1) is 46.9. The number of fused-ring (bicyclic) bond motifs is 4. The summed E-state index contributed by atoms with van der Waals surface area (Å²) in [5.74, 6) is 1.02. The molecule has 6 fully saturated rings. The van der Waals surface area contributed by atoms with Crippen LogP contribution in [0.3, 0.4) is 0 Å². The lowest BCUT2D eigenvalue weighted by molar-refractivity contribution is 0.0915. The van der Waals surface area contributed by atoms with Gasteiger partial charge in [0.15, 0.2) is 0 Å². The number of aromatic nitrogens is 4. The maximum atomic E-state index is 12.8. The van der Waals surface area contributed by atoms with Crippen LogP contribution < -0.4 is 30.2 Å². The van der Waals surface area contributed by atoms with Gasteiger partial charge in [0.2, 0.25) is 0 Å². The molecule has 97 heavy (non-hydrogen) atoms. The highest BCUT2D eigenvalue weighted by Crippen LogP contribution is 2.57. The number of amides is 4. The van der Waals surface area contributed by atoms with Crippen LogP contribution >= 0.6 is 19.5 Å². The fraction of sp³-hybridized carbons (Fsp3) is 0.575. The highest BCUT2D eigenvalue weighted by atomic mass is 35.5. The first-order valence-corrected chi connectivity index (χ1v) is 38.8. The van der Waals surface area contributed by atoms with Crippen LogP contribution in [0.15, 0.2) is 109 Å². The molecule has 2 aliphatic carbocycles. The van der Waals surface area contributed by atoms with Crippen LogP contribution in [0.5, 0.6) is 0 Å². The Balaban J connectivity index is 0.000000139. The van der Waals surface area contributed by atoms with Crippen molar-refractivity contribution in [2.75, 3.05) is 127 Å². The molecule has 1 N–H and O–H groups in total. The van der Waals surface area contributed by atoms with E-state index < -0.39 is 0 Å². The molecule has 2 saturated carbocycles. The van der Waals surface area contributed by atoms with Gasteiger partial charge in [-0.1, -0.05) is 137 Å². The molecule has 0 bridgehead atoms. The van der Waals surface area contributed by atoms with Gasteiger partial charge in [-0.25, -0.2) is 19.6 Å². The number of likely N-dealkylation sites (tertiary alicyclic amines) is 2. The quantitative estimate of drug-likeness (QED) is 0.147. The minimum Gasteiger partial charge on any atom is -0.377 e. The van der Waals surface area contributed by atoms with Crippen molar-refractivity contribution in [3.05, 3.63) is 149 Å². The lowest BCUT2D eigenvalue weighted by Crippen LogP contribution is -2.53. The number of para-hydroxylation sites is 3. The minimum absolute atomic E-state index is 0.0833. The van der Waals surface area contributed by atoms with E-state index in [1.807, 2.05) is 71.9 Å². The Bertz CT molecular complexity index is 3520. The number of urea groups is 2. The fourth-order valence-electron chi connectivity index (χ4n) is 17.3. The van der Waals surface area contributed by atoms with Gasteiger partial charge in [0.1, 0.15) is 11.0 Å². The molecular weight excluding hydrogens is 1240 g/mol. The van der Waals surface area contributed by atoms with Crippen LogP contribution in [-0.4, -0.2) is 183 Å². The Morgan fingerprint density at radius 2 is 0.918 bits per heavy atom. The van der Waals surface area contributed by atoms with Gasteiger partial charge in [0.05, 0.1) is 35.2 Å². The molecule has 2 aromatic heterocycles. The molecule has 4 saturated heterocycles. The third kappa shape index (κ3) is 17.0. The summed E-state index contributed by atoms with van der Waals surface area (Å²) in [6.45, 7) is 18.6. The molecule has 8 heterocycles. The molecule has 8 aliphatic rings. The number of benzene rings is 4. The summed E-state index contributed by atoms with van der Waals surface area (Å²) in [5, 5.41) is 5.64. The number of piperidine rings is 4. The van der Waals surface area contributed by atoms with Gasteiger partial charge in [-0.05, 0) is 208 Å². The van der Waals surface area contributed by atoms with Gasteiger partial charge < -0.3 is 34.7 Å². The van der Waals surface area contributed by atoms with Gasteiger partial charge >= 0.3 is 12.1 Å². The summed E-state index contributed by atoms with van der Waals surface area (Å²) in [4.78, 5) is 60.1. The van der Waals surface area contributed by atoms with Crippen molar-refractivity contribution in [3.63, 3.8) is 0 Å². The normalized spacial score (nSPS) is 20.1. The molecule has 4 amide bonds. The monoisotopic (exact) mass is 1350 g/mol. The van der Waals surface area contributed by atoms with Gasteiger partial charge in [-0.3, -0.25) is 19.8 Å². The lowest BCUT2D eigenvalue weighted by atomic mass is 9.67. The smallest absolute Gasteiger partial charge is 0.323 e. The SMILES string of the molecule is CN(C)C(=O)N1CCC2(CCN(C3CCNCC3)CC2)c2ccccc21.CN(C)c1ccccc1-c1ccccc1P(C1CCCCC1)C1CCCCC1.Cc1ncc(Cl)nc1C.Cc1ncc(N2CCC(N3CCC4(CCN(C(=O)N(C)C)c5ccccc54)CC3)CC2)nc1C. The zero-order valence-electron chi connectivity index (χ0n) is 60.4. The predicted octanol–water partition coefficient (Wildman–Crippen LogP) is 15.6. The fourth-order valence-corrected chi connectivity index (χ4v) is 21.4. The maximum Gasteiger partial charge on any atom is 0.323 e. The number of nitrogens with zero attached hydrogens (tertiary/aromatic N) is 12. The van der Waals surface area contributed by atoms with E-state index in [9.17, 15) is 9.59 Å². The molecule has 2 spiro atoms. The van der Waals surface area contributed by atoms with Crippen molar-refractivity contribution in [1.29, 1.82) is 0 Å². The summed E-state index contributed by atoms with van der Waals surface area (Å²) in [5.41, 5.74) is 15.5. The maximum absolute atomic E-state index is 12.8. The van der Waals surface area contributed by atoms with Crippen molar-refractivity contribution in [2.24, 2.45) is 0 Å². The molecule has 0 unspecified atom stereocenters. The number of hydrogen-bond donors (Lipinski definition) is 1. The first kappa shape index (κ1) is 72.0. The summed E-state index contributed by atoms with van der Waals surface area (Å²) in [6.07, 6.45) is 29.9. The van der Waals surface area contributed by atoms with E-state index in [1.54, 1.807) is 21.3 Å². The Morgan fingerprint density at radius 1 is 0.485 bits per heavy atom. The van der Waals surface area contributed by atoms with Crippen LogP contribution in [0.1, 0.15) is 162 Å². The van der Waals surface area contributed by atoms with E-state index in [1.165, 1.54) is 157 Å². The summed E-state index contributed by atoms with van der Waals surface area (Å²) < 4.78 is 0. The second-order valence-corrected chi connectivity index (χ2v) is 32.8. The number of aryl methyl sites for hydroxylation is 4. The van der Waals surface area contributed by atoms with Crippen molar-refractivity contribution in [1.82, 2.24) is 44.9 Å². The third-order valence-electron chi connectivity index (χ3n) is 23.2. The van der Waals surface area contributed by atoms with Crippen LogP contribution in [0.4, 0.5) is 32.5 Å². The second-order valence-electron chi connectivity index (χ2n) is 29.7. The molecule has 522 valence electrons. The minimum atomic E-state index is -0.0867. The molecule has 14 rings (SSSR count). The molecule has 6 aliphatic heterocycles. The Labute approximate surface area is 588 Å². The standard InChI is InChI=1S/C27H38N6O.C26H36NP.C21H32N4O.C6H7ClN2/c1-20-21(2)29-25(19-28-20)32-14-9-22(10-15-32)31-16-11-27(12-17-31)13-18-33(26(34)30(3)4)24-8-6-5-7-23(24)27;1-27(2)25-19-11-9-17-23(25)24-18-10-12-20-26(24)28(21-13-5-3-6-14-21)22-15-7-4-8-16-22;1-23(2)20(26)25-16-11-21(18-5-3-4-6-19(18)25)9-14-24(15-10-21)17-7-12-22-13-8-17;1-4-5(2)9-6(7)3-8-4/h5-8,19,22H,9-18H2,1-4H3;9-12,17-22H,3-8,13-16H2,1-2H3;3-6,17,22H,7-16H2,1-2H3;3H,1-2H3. The average Bonchev–Trinajstić information content (AvgIpc) is 0.761. The van der Waals surface area contributed by atoms with Crippen LogP contribution in [0.2, 0.25) is 5.15 Å². The largest absolute Gasteiger partial charge is 0.377 e. The molecule has 0 atom stereocenters. The van der Waals surface area contributed by atoms with Crippen molar-refractivity contribution in [2.45, 2.75) is 190 Å². The lowest BCUT2D eigenvalue weighted by Gasteiger charge is -2.50. The van der Waals surface area contributed by atoms with Gasteiger partial charge in [-0.15, -0.1) is 0 Å². The highest BCUT2D eigenvalue weighted by Gasteiger charge is 2.46. The van der Waals surface area contributed by atoms with Crippen LogP contribution in [0.25, 0.3) is 11.1 Å². The molecule has 17 heteroatoms. The van der Waals surface area contributed by atoms with E-state index in [4.69, 9.17) is 16.6 Å². The highest BCUT2D eigenvalue weighted by molar-refractivity contribution is 7.67. The van der Waals surface area contributed by atoms with E-state index in [0.717, 1.165) is 123 Å². The molecule has 15 nitrogen and oxygen atoms in total. The number of anilines is 4. The molecule has 4 aromatic carbocycles. The summed E-state index contributed by atoms with van der Waals surface area (Å²) >= 11 is 5.54. The van der Waals surface area contributed by atoms with Gasteiger partial charge in [-0.2, -0.15) is 0 Å². The van der Waals surface area contributed by atoms with E-state index >= 15 is 0 Å². The summed E-state index contributed by atoms with van der Waals surface area (Å²) in [6, 6.07) is 37.3. The topological polar surface area (TPSA) is 124 Å². The Kier molecular flexibility index (Phi) is 24.7. The van der Waals surface area contributed by atoms with E-state index in [2.05, 4.69) is 151 Å². The third-order valence-corrected chi connectivity index (χ3v) is 26.9. The zero-order valence-corrected chi connectivity index (χ0v) is 62.1. The molecule has 0 radical (unpaired) electrons. The number of rotatable bonds is 8. The second kappa shape index (κ2) is 33.3. The number of halogens is 1. The number of nitrogens with one attached hydrogen (secondary N) is 1. The van der Waals surface area contributed by atoms with Crippen molar-refractivity contribution < 1.29 is 9.59 Å². The number of hydrogen-bond acceptors (Lipinski definition) is 11. The first-order valence-electron chi connectivity index (χ1n) is 36.9. The zero-order chi connectivity index (χ0) is 68.2. The predicted molar refractivity (Wildman–Crippen MR) is 406 cm³/mol. The van der Waals surface area contributed by atoms with Crippen molar-refractivity contribution in [3.8, 4) is 11.1 Å². The average molecular weight is 1360 g/mol. The van der Waals surface area contributed by atoms with E-state index in [0.29, 0.717) is 11.2 Å². The number of carbonyl (C=O) groups excluding carboxylic acids is 2. The van der Waals surface area contributed by atoms with Crippen LogP contribution in [0, 0.1) is 27.7 Å². The Morgan fingerprint density at radius 3 is 1.39 bits per heavy atom. The van der Waals surface area contributed by atoms with E-state index in [-0.39, 0.29) is 30.8 Å². The number of carbonyl (C=O) groups is 2. The van der Waals surface area contributed by atoms with Gasteiger partial charge in [0, 0.05) is 114 Å². The van der Waals surface area contributed by atoms with Crippen LogP contribution in [-0.2, 0) is 10.8 Å². The summed E-state index contributed by atoms with van der Waals surface area (Å²) in [7, 11) is 11.6. The molecule has 6 aromatic rings.